The Bertz CT molecular complexity index is 415. The molecule has 0 unspecified atom stereocenters. The second kappa shape index (κ2) is 3.55. The fraction of sp³-hybridized carbons (Fsp3) is 0.364. The third-order valence-electron chi connectivity index (χ3n) is 2.67. The van der Waals surface area contributed by atoms with Gasteiger partial charge in [-0.2, -0.15) is 0 Å². The van der Waals surface area contributed by atoms with Crippen molar-refractivity contribution in [3.8, 4) is 5.75 Å². The maximum atomic E-state index is 10.9. The molecule has 15 heavy (non-hydrogen) atoms. The molecule has 3 N–H and O–H groups in total. The van der Waals surface area contributed by atoms with E-state index in [9.17, 15) is 4.79 Å². The SMILES string of the molecule is Cc1cc2c(cc1C(=O)O)[C@@H](N)CCO2. The molecule has 0 saturated carbocycles. The van der Waals surface area contributed by atoms with Crippen LogP contribution in [0.1, 0.15) is 33.9 Å². The quantitative estimate of drug-likeness (QED) is 0.731. The van der Waals surface area contributed by atoms with Gasteiger partial charge in [-0.1, -0.05) is 0 Å². The number of carboxylic acid groups (broad SMARTS) is 1. The minimum absolute atomic E-state index is 0.118. The first-order valence-corrected chi connectivity index (χ1v) is 4.86. The van der Waals surface area contributed by atoms with Crippen LogP contribution in [0.25, 0.3) is 0 Å². The molecular weight excluding hydrogens is 194 g/mol. The van der Waals surface area contributed by atoms with Crippen molar-refractivity contribution in [1.82, 2.24) is 0 Å². The second-order valence-corrected chi connectivity index (χ2v) is 3.75. The van der Waals surface area contributed by atoms with Crippen molar-refractivity contribution in [1.29, 1.82) is 0 Å². The number of ether oxygens (including phenoxy) is 1. The van der Waals surface area contributed by atoms with Gasteiger partial charge in [-0.05, 0) is 24.6 Å². The van der Waals surface area contributed by atoms with Gasteiger partial charge in [0.15, 0.2) is 0 Å². The summed E-state index contributed by atoms with van der Waals surface area (Å²) in [6.45, 7) is 2.35. The van der Waals surface area contributed by atoms with Crippen molar-refractivity contribution in [2.75, 3.05) is 6.61 Å². The third-order valence-corrected chi connectivity index (χ3v) is 2.67. The van der Waals surface area contributed by atoms with Gasteiger partial charge in [-0.15, -0.1) is 0 Å². The zero-order valence-corrected chi connectivity index (χ0v) is 8.49. The number of aryl methyl sites for hydroxylation is 1. The first-order chi connectivity index (χ1) is 7.09. The highest BCUT2D eigenvalue weighted by molar-refractivity contribution is 5.90. The lowest BCUT2D eigenvalue weighted by Crippen LogP contribution is -2.21. The van der Waals surface area contributed by atoms with Crippen LogP contribution in [0.15, 0.2) is 12.1 Å². The van der Waals surface area contributed by atoms with Crippen molar-refractivity contribution in [3.05, 3.63) is 28.8 Å². The van der Waals surface area contributed by atoms with E-state index in [2.05, 4.69) is 0 Å². The maximum Gasteiger partial charge on any atom is 0.335 e. The lowest BCUT2D eigenvalue weighted by atomic mass is 9.96. The molecule has 1 aromatic rings. The molecule has 0 bridgehead atoms. The van der Waals surface area contributed by atoms with E-state index in [1.165, 1.54) is 0 Å². The molecule has 80 valence electrons. The van der Waals surface area contributed by atoms with Crippen molar-refractivity contribution in [3.63, 3.8) is 0 Å². The number of fused-ring (bicyclic) bond motifs is 1. The van der Waals surface area contributed by atoms with Crippen LogP contribution in [-0.2, 0) is 0 Å². The number of hydrogen-bond acceptors (Lipinski definition) is 3. The van der Waals surface area contributed by atoms with Crippen molar-refractivity contribution < 1.29 is 14.6 Å². The summed E-state index contributed by atoms with van der Waals surface area (Å²) < 4.78 is 5.44. The Kier molecular flexibility index (Phi) is 2.36. The molecule has 4 heteroatoms. The van der Waals surface area contributed by atoms with Gasteiger partial charge in [0, 0.05) is 18.0 Å². The lowest BCUT2D eigenvalue weighted by molar-refractivity contribution is 0.0696. The van der Waals surface area contributed by atoms with Crippen molar-refractivity contribution >= 4 is 5.97 Å². The van der Waals surface area contributed by atoms with Crippen molar-refractivity contribution in [2.45, 2.75) is 19.4 Å². The predicted octanol–water partition coefficient (Wildman–Crippen LogP) is 1.48. The number of carbonyl (C=O) groups is 1. The molecule has 1 aliphatic rings. The molecule has 0 fully saturated rings. The minimum atomic E-state index is -0.923. The molecule has 0 spiro atoms. The molecule has 1 aromatic carbocycles. The fourth-order valence-electron chi connectivity index (χ4n) is 1.79. The molecule has 1 aliphatic heterocycles. The van der Waals surface area contributed by atoms with E-state index in [4.69, 9.17) is 15.6 Å². The van der Waals surface area contributed by atoms with Crippen LogP contribution in [0.2, 0.25) is 0 Å². The first-order valence-electron chi connectivity index (χ1n) is 4.86. The third kappa shape index (κ3) is 1.68. The van der Waals surface area contributed by atoms with Gasteiger partial charge in [-0.25, -0.2) is 4.79 Å². The zero-order chi connectivity index (χ0) is 11.0. The number of aromatic carboxylic acids is 1. The van der Waals surface area contributed by atoms with E-state index in [0.717, 1.165) is 17.7 Å². The Hall–Kier alpha value is -1.55. The lowest BCUT2D eigenvalue weighted by Gasteiger charge is -2.23. The normalized spacial score (nSPS) is 19.2. The molecule has 0 aromatic heterocycles. The number of nitrogens with two attached hydrogens (primary N) is 1. The first kappa shape index (κ1) is 9.98. The Morgan fingerprint density at radius 2 is 2.33 bits per heavy atom. The smallest absolute Gasteiger partial charge is 0.335 e. The van der Waals surface area contributed by atoms with Gasteiger partial charge in [0.05, 0.1) is 12.2 Å². The summed E-state index contributed by atoms with van der Waals surface area (Å²) in [5.74, 6) is -0.204. The van der Waals surface area contributed by atoms with Gasteiger partial charge < -0.3 is 15.6 Å². The Balaban J connectivity index is 2.55. The Labute approximate surface area is 87.7 Å². The maximum absolute atomic E-state index is 10.9. The Morgan fingerprint density at radius 3 is 3.00 bits per heavy atom. The Morgan fingerprint density at radius 1 is 1.60 bits per heavy atom. The van der Waals surface area contributed by atoms with E-state index < -0.39 is 5.97 Å². The molecule has 0 saturated heterocycles. The highest BCUT2D eigenvalue weighted by atomic mass is 16.5. The number of benzene rings is 1. The van der Waals surface area contributed by atoms with Crippen LogP contribution in [0, 0.1) is 6.92 Å². The number of carboxylic acids is 1. The van der Waals surface area contributed by atoms with E-state index in [1.807, 2.05) is 0 Å². The van der Waals surface area contributed by atoms with Crippen LogP contribution in [0.3, 0.4) is 0 Å². The standard InChI is InChI=1S/C11H13NO3/c1-6-4-10-8(5-7(6)11(13)14)9(12)2-3-15-10/h4-5,9H,2-3,12H2,1H3,(H,13,14)/t9-/m0/s1. The molecular formula is C11H13NO3. The van der Waals surface area contributed by atoms with E-state index in [1.54, 1.807) is 19.1 Å². The van der Waals surface area contributed by atoms with Crippen LogP contribution in [0.5, 0.6) is 5.75 Å². The highest BCUT2D eigenvalue weighted by Gasteiger charge is 2.21. The topological polar surface area (TPSA) is 72.5 Å². The van der Waals surface area contributed by atoms with Gasteiger partial charge in [0.25, 0.3) is 0 Å². The largest absolute Gasteiger partial charge is 0.493 e. The minimum Gasteiger partial charge on any atom is -0.493 e. The molecule has 4 nitrogen and oxygen atoms in total. The molecule has 0 aliphatic carbocycles. The summed E-state index contributed by atoms with van der Waals surface area (Å²) in [5.41, 5.74) is 7.69. The second-order valence-electron chi connectivity index (χ2n) is 3.75. The van der Waals surface area contributed by atoms with E-state index in [0.29, 0.717) is 17.7 Å². The summed E-state index contributed by atoms with van der Waals surface area (Å²) in [4.78, 5) is 10.9. The molecule has 1 atom stereocenters. The summed E-state index contributed by atoms with van der Waals surface area (Å²) in [6, 6.07) is 3.25. The van der Waals surface area contributed by atoms with Crippen LogP contribution in [0.4, 0.5) is 0 Å². The summed E-state index contributed by atoms with van der Waals surface area (Å²) >= 11 is 0. The van der Waals surface area contributed by atoms with Gasteiger partial charge in [0.2, 0.25) is 0 Å². The fourth-order valence-corrected chi connectivity index (χ4v) is 1.79. The van der Waals surface area contributed by atoms with Gasteiger partial charge in [-0.3, -0.25) is 0 Å². The highest BCUT2D eigenvalue weighted by Crippen LogP contribution is 2.32. The summed E-state index contributed by atoms with van der Waals surface area (Å²) in [6.07, 6.45) is 0.731. The van der Waals surface area contributed by atoms with E-state index in [-0.39, 0.29) is 6.04 Å². The molecule has 1 heterocycles. The van der Waals surface area contributed by atoms with Crippen LogP contribution < -0.4 is 10.5 Å². The average molecular weight is 207 g/mol. The zero-order valence-electron chi connectivity index (χ0n) is 8.49. The summed E-state index contributed by atoms with van der Waals surface area (Å²) in [7, 11) is 0. The number of rotatable bonds is 1. The van der Waals surface area contributed by atoms with Crippen LogP contribution in [-0.4, -0.2) is 17.7 Å². The van der Waals surface area contributed by atoms with E-state index >= 15 is 0 Å². The monoisotopic (exact) mass is 207 g/mol. The van der Waals surface area contributed by atoms with Crippen LogP contribution >= 0.6 is 0 Å². The van der Waals surface area contributed by atoms with Gasteiger partial charge in [0.1, 0.15) is 5.75 Å². The average Bonchev–Trinajstić information content (AvgIpc) is 2.16. The predicted molar refractivity (Wildman–Crippen MR) is 55.2 cm³/mol. The molecule has 0 amide bonds. The summed E-state index contributed by atoms with van der Waals surface area (Å²) in [5, 5.41) is 8.97. The molecule has 0 radical (unpaired) electrons. The molecule has 2 rings (SSSR count). The van der Waals surface area contributed by atoms with Crippen molar-refractivity contribution in [2.24, 2.45) is 5.73 Å². The number of hydrogen-bond donors (Lipinski definition) is 2. The van der Waals surface area contributed by atoms with Gasteiger partial charge >= 0.3 is 5.97 Å².